The Bertz CT molecular complexity index is 783. The van der Waals surface area contributed by atoms with Crippen LogP contribution in [0, 0.1) is 5.92 Å². The Morgan fingerprint density at radius 2 is 1.52 bits per heavy atom. The Kier molecular flexibility index (Phi) is 7.58. The van der Waals surface area contributed by atoms with E-state index in [1.54, 1.807) is 54.6 Å². The van der Waals surface area contributed by atoms with Gasteiger partial charge in [0.15, 0.2) is 8.03 Å². The van der Waals surface area contributed by atoms with Crippen molar-refractivity contribution in [3.05, 3.63) is 66.2 Å². The molecule has 0 spiro atoms. The minimum atomic E-state index is -3.31. The van der Waals surface area contributed by atoms with Crippen LogP contribution in [0.15, 0.2) is 60.7 Å². The molecule has 0 fully saturated rings. The zero-order chi connectivity index (χ0) is 19.8. The predicted octanol–water partition coefficient (Wildman–Crippen LogP) is 3.24. The van der Waals surface area contributed by atoms with Crippen LogP contribution in [0.2, 0.25) is 0 Å². The molecule has 8 heteroatoms. The van der Waals surface area contributed by atoms with E-state index in [1.807, 2.05) is 6.07 Å². The molecule has 4 N–H and O–H groups in total. The summed E-state index contributed by atoms with van der Waals surface area (Å²) in [6, 6.07) is 17.0. The van der Waals surface area contributed by atoms with Crippen LogP contribution in [0.1, 0.15) is 24.4 Å². The summed E-state index contributed by atoms with van der Waals surface area (Å²) in [5.74, 6) is -3.71. The van der Waals surface area contributed by atoms with E-state index in [9.17, 15) is 24.2 Å². The molecule has 2 rings (SSSR count). The van der Waals surface area contributed by atoms with Gasteiger partial charge in [0.25, 0.3) is 0 Å². The average molecular weight is 391 g/mol. The largest absolute Gasteiger partial charge is 0.481 e. The fourth-order valence-corrected chi connectivity index (χ4v) is 4.25. The number of aliphatic carboxylic acids is 2. The van der Waals surface area contributed by atoms with E-state index in [1.165, 1.54) is 0 Å². The van der Waals surface area contributed by atoms with Gasteiger partial charge >= 0.3 is 11.9 Å². The first-order chi connectivity index (χ1) is 12.9. The molecule has 0 aliphatic rings. The monoisotopic (exact) mass is 391 g/mol. The number of carboxylic acids is 2. The van der Waals surface area contributed by atoms with Gasteiger partial charge in [-0.05, 0) is 24.1 Å². The van der Waals surface area contributed by atoms with Crippen molar-refractivity contribution in [2.45, 2.75) is 24.5 Å². The van der Waals surface area contributed by atoms with Gasteiger partial charge in [-0.25, -0.2) is 0 Å². The van der Waals surface area contributed by atoms with E-state index in [2.05, 4.69) is 5.32 Å². The maximum atomic E-state index is 12.2. The van der Waals surface area contributed by atoms with Crippen LogP contribution in [-0.4, -0.2) is 32.7 Å². The molecule has 0 aromatic heterocycles. The van der Waals surface area contributed by atoms with Gasteiger partial charge in [-0.3, -0.25) is 14.2 Å². The SMILES string of the molecule is O=C(O)CCC(C(=O)O)C(C(Nc1ccccc1)c1ccccc1)[PH](=O)O. The van der Waals surface area contributed by atoms with E-state index >= 15 is 0 Å². The second-order valence-electron chi connectivity index (χ2n) is 6.14. The van der Waals surface area contributed by atoms with Crippen molar-refractivity contribution in [1.82, 2.24) is 0 Å². The van der Waals surface area contributed by atoms with Crippen molar-refractivity contribution in [2.24, 2.45) is 5.92 Å². The van der Waals surface area contributed by atoms with Gasteiger partial charge in [-0.1, -0.05) is 48.5 Å². The van der Waals surface area contributed by atoms with Crippen molar-refractivity contribution in [3.8, 4) is 0 Å². The Labute approximate surface area is 157 Å². The molecule has 2 aromatic carbocycles. The maximum absolute atomic E-state index is 12.2. The van der Waals surface area contributed by atoms with Gasteiger partial charge in [0.1, 0.15) is 0 Å². The highest BCUT2D eigenvalue weighted by molar-refractivity contribution is 7.39. The lowest BCUT2D eigenvalue weighted by molar-refractivity contribution is -0.143. The molecule has 144 valence electrons. The van der Waals surface area contributed by atoms with Crippen LogP contribution in [0.4, 0.5) is 5.69 Å². The molecule has 2 aromatic rings. The summed E-state index contributed by atoms with van der Waals surface area (Å²) in [5, 5.41) is 21.7. The normalized spacial score (nSPS) is 15.3. The first-order valence-electron chi connectivity index (χ1n) is 8.44. The van der Waals surface area contributed by atoms with Crippen LogP contribution >= 0.6 is 8.03 Å². The van der Waals surface area contributed by atoms with Gasteiger partial charge in [-0.15, -0.1) is 0 Å². The highest BCUT2D eigenvalue weighted by atomic mass is 31.1. The van der Waals surface area contributed by atoms with Crippen LogP contribution < -0.4 is 5.32 Å². The standard InChI is InChI=1S/C19H22NO6P/c21-16(22)12-11-15(19(23)24)18(27(25)26)17(13-7-3-1-4-8-13)20-14-9-5-2-6-10-14/h1-10,15,17-18,20,27H,11-12H2,(H,21,22)(H,23,24)(H,25,26). The van der Waals surface area contributed by atoms with Gasteiger partial charge < -0.3 is 20.4 Å². The molecule has 0 bridgehead atoms. The summed E-state index contributed by atoms with van der Waals surface area (Å²) in [6.07, 6.45) is -0.623. The summed E-state index contributed by atoms with van der Waals surface area (Å²) < 4.78 is 12.2. The maximum Gasteiger partial charge on any atom is 0.307 e. The number of carbonyl (C=O) groups is 2. The van der Waals surface area contributed by atoms with Crippen LogP contribution in [0.25, 0.3) is 0 Å². The van der Waals surface area contributed by atoms with E-state index < -0.39 is 44.0 Å². The van der Waals surface area contributed by atoms with Crippen LogP contribution in [0.5, 0.6) is 0 Å². The molecule has 0 heterocycles. The Balaban J connectivity index is 2.45. The van der Waals surface area contributed by atoms with Crippen LogP contribution in [-0.2, 0) is 14.2 Å². The smallest absolute Gasteiger partial charge is 0.307 e. The molecule has 0 radical (unpaired) electrons. The minimum Gasteiger partial charge on any atom is -0.481 e. The molecule has 0 aliphatic heterocycles. The zero-order valence-electron chi connectivity index (χ0n) is 14.5. The lowest BCUT2D eigenvalue weighted by atomic mass is 9.90. The molecule has 7 nitrogen and oxygen atoms in total. The third kappa shape index (κ3) is 5.94. The lowest BCUT2D eigenvalue weighted by Crippen LogP contribution is -2.35. The number of nitrogens with one attached hydrogen (secondary N) is 1. The second-order valence-corrected chi connectivity index (χ2v) is 7.48. The third-order valence-corrected chi connectivity index (χ3v) is 5.62. The number of hydrogen-bond donors (Lipinski definition) is 4. The molecular weight excluding hydrogens is 369 g/mol. The van der Waals surface area contributed by atoms with Crippen molar-refractivity contribution < 1.29 is 29.3 Å². The summed E-state index contributed by atoms with van der Waals surface area (Å²) in [6.45, 7) is 0. The number of benzene rings is 2. The molecule has 27 heavy (non-hydrogen) atoms. The van der Waals surface area contributed by atoms with Gasteiger partial charge in [0, 0.05) is 12.1 Å². The predicted molar refractivity (Wildman–Crippen MR) is 102 cm³/mol. The fourth-order valence-electron chi connectivity index (χ4n) is 3.04. The second kappa shape index (κ2) is 9.90. The number of anilines is 1. The number of rotatable bonds is 10. The van der Waals surface area contributed by atoms with E-state index in [0.717, 1.165) is 0 Å². The molecule has 0 saturated heterocycles. The summed E-state index contributed by atoms with van der Waals surface area (Å²) in [7, 11) is -3.31. The number of hydrogen-bond acceptors (Lipinski definition) is 4. The average Bonchev–Trinajstić information content (AvgIpc) is 2.64. The molecule has 0 aliphatic carbocycles. The number of carboxylic acid groups (broad SMARTS) is 2. The Morgan fingerprint density at radius 1 is 0.963 bits per heavy atom. The summed E-state index contributed by atoms with van der Waals surface area (Å²) in [4.78, 5) is 32.7. The van der Waals surface area contributed by atoms with Crippen molar-refractivity contribution >= 4 is 25.7 Å². The topological polar surface area (TPSA) is 124 Å². The van der Waals surface area contributed by atoms with Crippen molar-refractivity contribution in [2.75, 3.05) is 5.32 Å². The third-order valence-electron chi connectivity index (χ3n) is 4.32. The molecular formula is C19H22NO6P. The van der Waals surface area contributed by atoms with E-state index in [4.69, 9.17) is 5.11 Å². The minimum absolute atomic E-state index is 0.230. The highest BCUT2D eigenvalue weighted by Crippen LogP contribution is 2.42. The van der Waals surface area contributed by atoms with E-state index in [-0.39, 0.29) is 6.42 Å². The van der Waals surface area contributed by atoms with Gasteiger partial charge in [-0.2, -0.15) is 0 Å². The summed E-state index contributed by atoms with van der Waals surface area (Å²) >= 11 is 0. The molecule has 4 atom stereocenters. The molecule has 4 unspecified atom stereocenters. The quantitative estimate of drug-likeness (QED) is 0.458. The zero-order valence-corrected chi connectivity index (χ0v) is 15.5. The first-order valence-corrected chi connectivity index (χ1v) is 9.87. The summed E-state index contributed by atoms with van der Waals surface area (Å²) in [5.41, 5.74) is 0.150. The van der Waals surface area contributed by atoms with Crippen LogP contribution in [0.3, 0.4) is 0 Å². The first kappa shape index (κ1) is 20.7. The molecule has 0 amide bonds. The fraction of sp³-hybridized carbons (Fsp3) is 0.263. The highest BCUT2D eigenvalue weighted by Gasteiger charge is 2.39. The van der Waals surface area contributed by atoms with Crippen molar-refractivity contribution in [3.63, 3.8) is 0 Å². The van der Waals surface area contributed by atoms with Crippen molar-refractivity contribution in [1.29, 1.82) is 0 Å². The molecule has 0 saturated carbocycles. The lowest BCUT2D eigenvalue weighted by Gasteiger charge is -2.31. The van der Waals surface area contributed by atoms with E-state index in [0.29, 0.717) is 11.3 Å². The van der Waals surface area contributed by atoms with Gasteiger partial charge in [0.05, 0.1) is 17.6 Å². The van der Waals surface area contributed by atoms with Gasteiger partial charge in [0.2, 0.25) is 0 Å². The Hall–Kier alpha value is -2.63. The Morgan fingerprint density at radius 3 is 2.00 bits per heavy atom. The number of para-hydroxylation sites is 1.